The molecule has 1 N–H and O–H groups in total. The lowest BCUT2D eigenvalue weighted by Crippen LogP contribution is -2.36. The number of nitrogens with zero attached hydrogens (tertiary/aromatic N) is 1. The lowest BCUT2D eigenvalue weighted by atomic mass is 10.0. The van der Waals surface area contributed by atoms with Gasteiger partial charge in [0, 0.05) is 17.6 Å². The van der Waals surface area contributed by atoms with E-state index < -0.39 is 12.7 Å². The van der Waals surface area contributed by atoms with Crippen LogP contribution >= 0.6 is 11.6 Å². The minimum Gasteiger partial charge on any atom is -0.310 e. The molecule has 0 aromatic heterocycles. The monoisotopic (exact) mass is 322 g/mol. The average molecular weight is 323 g/mol. The summed E-state index contributed by atoms with van der Waals surface area (Å²) in [4.78, 5) is 1.42. The van der Waals surface area contributed by atoms with E-state index in [1.54, 1.807) is 19.1 Å². The number of alkyl halides is 3. The van der Waals surface area contributed by atoms with E-state index in [-0.39, 0.29) is 6.04 Å². The van der Waals surface area contributed by atoms with Crippen LogP contribution < -0.4 is 5.32 Å². The summed E-state index contributed by atoms with van der Waals surface area (Å²) in [5.74, 6) is 0. The van der Waals surface area contributed by atoms with E-state index in [0.717, 1.165) is 12.1 Å². The Morgan fingerprint density at radius 3 is 2.29 bits per heavy atom. The first kappa shape index (κ1) is 18.3. The molecule has 21 heavy (non-hydrogen) atoms. The third kappa shape index (κ3) is 7.16. The van der Waals surface area contributed by atoms with Crippen molar-refractivity contribution in [2.45, 2.75) is 32.5 Å². The summed E-state index contributed by atoms with van der Waals surface area (Å²) >= 11 is 5.86. The largest absolute Gasteiger partial charge is 0.401 e. The van der Waals surface area contributed by atoms with Crippen molar-refractivity contribution in [2.75, 3.05) is 26.2 Å². The SMILES string of the molecule is CCNC(CCN(CC)CC(F)(F)F)c1ccc(Cl)cc1. The van der Waals surface area contributed by atoms with Crippen molar-refractivity contribution < 1.29 is 13.2 Å². The van der Waals surface area contributed by atoms with Gasteiger partial charge in [-0.05, 0) is 37.2 Å². The summed E-state index contributed by atoms with van der Waals surface area (Å²) in [6, 6.07) is 7.46. The van der Waals surface area contributed by atoms with E-state index >= 15 is 0 Å². The van der Waals surface area contributed by atoms with Gasteiger partial charge in [-0.1, -0.05) is 37.6 Å². The number of rotatable bonds is 8. The molecule has 0 amide bonds. The molecule has 1 unspecified atom stereocenters. The average Bonchev–Trinajstić information content (AvgIpc) is 2.41. The third-order valence-corrected chi connectivity index (χ3v) is 3.56. The van der Waals surface area contributed by atoms with Crippen LogP contribution in [0.25, 0.3) is 0 Å². The summed E-state index contributed by atoms with van der Waals surface area (Å²) in [7, 11) is 0. The Balaban J connectivity index is 2.63. The lowest BCUT2D eigenvalue weighted by molar-refractivity contribution is -0.145. The molecular formula is C15H22ClF3N2. The summed E-state index contributed by atoms with van der Waals surface area (Å²) in [6.07, 6.45) is -3.52. The Labute approximate surface area is 129 Å². The second-order valence-corrected chi connectivity index (χ2v) is 5.37. The molecular weight excluding hydrogens is 301 g/mol. The quantitative estimate of drug-likeness (QED) is 0.769. The highest BCUT2D eigenvalue weighted by Crippen LogP contribution is 2.21. The van der Waals surface area contributed by atoms with Crippen LogP contribution in [-0.4, -0.2) is 37.3 Å². The fourth-order valence-electron chi connectivity index (χ4n) is 2.24. The van der Waals surface area contributed by atoms with E-state index in [1.807, 2.05) is 19.1 Å². The number of hydrogen-bond acceptors (Lipinski definition) is 2. The van der Waals surface area contributed by atoms with Crippen LogP contribution in [0.5, 0.6) is 0 Å². The van der Waals surface area contributed by atoms with Gasteiger partial charge in [-0.15, -0.1) is 0 Å². The van der Waals surface area contributed by atoms with Crippen molar-refractivity contribution in [3.8, 4) is 0 Å². The second kappa shape index (κ2) is 8.61. The van der Waals surface area contributed by atoms with E-state index in [2.05, 4.69) is 5.32 Å². The topological polar surface area (TPSA) is 15.3 Å². The minimum absolute atomic E-state index is 0.0366. The minimum atomic E-state index is -4.15. The molecule has 1 atom stereocenters. The summed E-state index contributed by atoms with van der Waals surface area (Å²) in [5.41, 5.74) is 1.05. The van der Waals surface area contributed by atoms with Crippen LogP contribution in [-0.2, 0) is 0 Å². The summed E-state index contributed by atoms with van der Waals surface area (Å²) in [6.45, 7) is 4.42. The van der Waals surface area contributed by atoms with Crippen molar-refractivity contribution in [1.29, 1.82) is 0 Å². The highest BCUT2D eigenvalue weighted by molar-refractivity contribution is 6.30. The first-order valence-corrected chi connectivity index (χ1v) is 7.51. The molecule has 0 fully saturated rings. The van der Waals surface area contributed by atoms with E-state index in [9.17, 15) is 13.2 Å². The first-order valence-electron chi connectivity index (χ1n) is 7.13. The second-order valence-electron chi connectivity index (χ2n) is 4.93. The van der Waals surface area contributed by atoms with E-state index in [0.29, 0.717) is 24.5 Å². The van der Waals surface area contributed by atoms with Gasteiger partial charge >= 0.3 is 6.18 Å². The Morgan fingerprint density at radius 1 is 1.19 bits per heavy atom. The zero-order valence-electron chi connectivity index (χ0n) is 12.4. The van der Waals surface area contributed by atoms with Gasteiger partial charge < -0.3 is 5.32 Å². The van der Waals surface area contributed by atoms with Gasteiger partial charge in [0.05, 0.1) is 6.54 Å². The van der Waals surface area contributed by atoms with Crippen molar-refractivity contribution in [3.05, 3.63) is 34.9 Å². The lowest BCUT2D eigenvalue weighted by Gasteiger charge is -2.25. The summed E-state index contributed by atoms with van der Waals surface area (Å²) in [5, 5.41) is 3.96. The maximum absolute atomic E-state index is 12.5. The third-order valence-electron chi connectivity index (χ3n) is 3.31. The van der Waals surface area contributed by atoms with Gasteiger partial charge in [-0.2, -0.15) is 13.2 Å². The number of halogens is 4. The Hall–Kier alpha value is -0.780. The van der Waals surface area contributed by atoms with Gasteiger partial charge in [0.2, 0.25) is 0 Å². The fourth-order valence-corrected chi connectivity index (χ4v) is 2.37. The van der Waals surface area contributed by atoms with Crippen LogP contribution in [0.4, 0.5) is 13.2 Å². The van der Waals surface area contributed by atoms with E-state index in [4.69, 9.17) is 11.6 Å². The predicted octanol–water partition coefficient (Wildman–Crippen LogP) is 4.26. The molecule has 0 heterocycles. The van der Waals surface area contributed by atoms with Gasteiger partial charge in [0.1, 0.15) is 0 Å². The highest BCUT2D eigenvalue weighted by atomic mass is 35.5. The molecule has 0 aliphatic rings. The van der Waals surface area contributed by atoms with Gasteiger partial charge in [-0.3, -0.25) is 4.90 Å². The van der Waals surface area contributed by atoms with Gasteiger partial charge in [0.15, 0.2) is 0 Å². The van der Waals surface area contributed by atoms with Gasteiger partial charge in [0.25, 0.3) is 0 Å². The Kier molecular flexibility index (Phi) is 7.49. The molecule has 0 saturated carbocycles. The van der Waals surface area contributed by atoms with Crippen molar-refractivity contribution in [1.82, 2.24) is 10.2 Å². The number of benzene rings is 1. The Bertz CT molecular complexity index is 406. The predicted molar refractivity (Wildman–Crippen MR) is 80.7 cm³/mol. The molecule has 1 rings (SSSR count). The molecule has 0 aliphatic heterocycles. The molecule has 1 aromatic carbocycles. The zero-order chi connectivity index (χ0) is 15.9. The van der Waals surface area contributed by atoms with Crippen molar-refractivity contribution in [2.24, 2.45) is 0 Å². The molecule has 0 aliphatic carbocycles. The molecule has 6 heteroatoms. The van der Waals surface area contributed by atoms with Crippen LogP contribution in [0.15, 0.2) is 24.3 Å². The molecule has 1 aromatic rings. The number of nitrogens with one attached hydrogen (secondary N) is 1. The molecule has 0 bridgehead atoms. The molecule has 2 nitrogen and oxygen atoms in total. The smallest absolute Gasteiger partial charge is 0.310 e. The van der Waals surface area contributed by atoms with Crippen LogP contribution in [0, 0.1) is 0 Å². The van der Waals surface area contributed by atoms with Crippen LogP contribution in [0.3, 0.4) is 0 Å². The molecule has 0 radical (unpaired) electrons. The standard InChI is InChI=1S/C15H22ClF3N2/c1-3-20-14(12-5-7-13(16)8-6-12)9-10-21(4-2)11-15(17,18)19/h5-8,14,20H,3-4,9-11H2,1-2H3. The van der Waals surface area contributed by atoms with E-state index in [1.165, 1.54) is 4.90 Å². The Morgan fingerprint density at radius 2 is 1.81 bits per heavy atom. The fraction of sp³-hybridized carbons (Fsp3) is 0.600. The molecule has 0 saturated heterocycles. The van der Waals surface area contributed by atoms with Crippen LogP contribution in [0.2, 0.25) is 5.02 Å². The molecule has 0 spiro atoms. The van der Waals surface area contributed by atoms with Crippen molar-refractivity contribution >= 4 is 11.6 Å². The normalized spacial score (nSPS) is 13.7. The maximum atomic E-state index is 12.5. The zero-order valence-corrected chi connectivity index (χ0v) is 13.1. The number of hydrogen-bond donors (Lipinski definition) is 1. The van der Waals surface area contributed by atoms with Crippen LogP contribution in [0.1, 0.15) is 31.9 Å². The molecule has 120 valence electrons. The maximum Gasteiger partial charge on any atom is 0.401 e. The van der Waals surface area contributed by atoms with Gasteiger partial charge in [-0.25, -0.2) is 0 Å². The highest BCUT2D eigenvalue weighted by Gasteiger charge is 2.30. The summed E-state index contributed by atoms with van der Waals surface area (Å²) < 4.78 is 37.4. The van der Waals surface area contributed by atoms with Crippen molar-refractivity contribution in [3.63, 3.8) is 0 Å². The first-order chi connectivity index (χ1) is 9.85.